The molecule has 1 aliphatic heterocycles. The van der Waals surface area contributed by atoms with Crippen LogP contribution >= 0.6 is 15.9 Å². The van der Waals surface area contributed by atoms with Crippen molar-refractivity contribution in [3.63, 3.8) is 0 Å². The van der Waals surface area contributed by atoms with Crippen molar-refractivity contribution in [3.05, 3.63) is 16.5 Å². The second kappa shape index (κ2) is 5.95. The van der Waals surface area contributed by atoms with Gasteiger partial charge in [0.15, 0.2) is 0 Å². The van der Waals surface area contributed by atoms with Crippen LogP contribution in [0.15, 0.2) is 10.7 Å². The van der Waals surface area contributed by atoms with Gasteiger partial charge in [-0.15, -0.1) is 0 Å². The van der Waals surface area contributed by atoms with E-state index in [4.69, 9.17) is 0 Å². The van der Waals surface area contributed by atoms with Gasteiger partial charge in [-0.25, -0.2) is 9.97 Å². The van der Waals surface area contributed by atoms with Crippen molar-refractivity contribution in [1.29, 1.82) is 0 Å². The number of nitrogens with zero attached hydrogens (tertiary/aromatic N) is 4. The lowest BCUT2D eigenvalue weighted by molar-refractivity contribution is 0.122. The van der Waals surface area contributed by atoms with Crippen LogP contribution in [0.4, 0.5) is 5.82 Å². The second-order valence-corrected chi connectivity index (χ2v) is 5.71. The van der Waals surface area contributed by atoms with Gasteiger partial charge in [-0.2, -0.15) is 0 Å². The van der Waals surface area contributed by atoms with Gasteiger partial charge in [0.05, 0.1) is 0 Å². The molecule has 1 aromatic rings. The number of aromatic nitrogens is 2. The van der Waals surface area contributed by atoms with Crippen LogP contribution in [0.25, 0.3) is 0 Å². The molecule has 2 heterocycles. The molecule has 100 valence electrons. The highest BCUT2D eigenvalue weighted by molar-refractivity contribution is 9.10. The predicted octanol–water partition coefficient (Wildman–Crippen LogP) is 1.21. The monoisotopic (exact) mass is 313 g/mol. The van der Waals surface area contributed by atoms with Gasteiger partial charge in [-0.05, 0) is 36.9 Å². The zero-order valence-corrected chi connectivity index (χ0v) is 12.7. The number of rotatable bonds is 3. The van der Waals surface area contributed by atoms with Gasteiger partial charge in [-0.3, -0.25) is 4.90 Å². The quantitative estimate of drug-likeness (QED) is 0.850. The van der Waals surface area contributed by atoms with Crippen molar-refractivity contribution in [2.45, 2.75) is 13.0 Å². The molecule has 0 spiro atoms. The van der Waals surface area contributed by atoms with Gasteiger partial charge in [0.1, 0.15) is 16.2 Å². The van der Waals surface area contributed by atoms with Crippen LogP contribution in [-0.2, 0) is 0 Å². The van der Waals surface area contributed by atoms with Crippen LogP contribution < -0.4 is 5.32 Å². The summed E-state index contributed by atoms with van der Waals surface area (Å²) in [4.78, 5) is 13.3. The standard InChI is InChI=1S/C12H20BrN5/c1-9-15-11(13)6-12(16-9)14-7-10-8-17(2)4-5-18(10)3/h6,10H,4-5,7-8H2,1-3H3,(H,14,15,16). The molecule has 1 saturated heterocycles. The van der Waals surface area contributed by atoms with Gasteiger partial charge in [0.25, 0.3) is 0 Å². The fourth-order valence-electron chi connectivity index (χ4n) is 2.17. The number of halogens is 1. The minimum Gasteiger partial charge on any atom is -0.368 e. The smallest absolute Gasteiger partial charge is 0.130 e. The van der Waals surface area contributed by atoms with E-state index in [-0.39, 0.29) is 0 Å². The zero-order valence-electron chi connectivity index (χ0n) is 11.1. The molecule has 1 aliphatic rings. The van der Waals surface area contributed by atoms with Crippen molar-refractivity contribution < 1.29 is 0 Å². The fourth-order valence-corrected chi connectivity index (χ4v) is 2.64. The summed E-state index contributed by atoms with van der Waals surface area (Å²) in [7, 11) is 4.35. The topological polar surface area (TPSA) is 44.3 Å². The maximum Gasteiger partial charge on any atom is 0.130 e. The van der Waals surface area contributed by atoms with Crippen molar-refractivity contribution >= 4 is 21.7 Å². The summed E-state index contributed by atoms with van der Waals surface area (Å²) in [5, 5.41) is 3.40. The summed E-state index contributed by atoms with van der Waals surface area (Å²) in [6, 6.07) is 2.44. The zero-order chi connectivity index (χ0) is 13.1. The Bertz CT molecular complexity index is 391. The molecular weight excluding hydrogens is 294 g/mol. The highest BCUT2D eigenvalue weighted by Gasteiger charge is 2.21. The van der Waals surface area contributed by atoms with Gasteiger partial charge in [0, 0.05) is 38.3 Å². The van der Waals surface area contributed by atoms with Crippen LogP contribution in [0.2, 0.25) is 0 Å². The Labute approximate surface area is 117 Å². The molecule has 1 atom stereocenters. The van der Waals surface area contributed by atoms with Crippen molar-refractivity contribution in [1.82, 2.24) is 19.8 Å². The van der Waals surface area contributed by atoms with Crippen molar-refractivity contribution in [2.24, 2.45) is 0 Å². The molecule has 1 fully saturated rings. The number of nitrogens with one attached hydrogen (secondary N) is 1. The van der Waals surface area contributed by atoms with Gasteiger partial charge >= 0.3 is 0 Å². The number of aryl methyl sites for hydroxylation is 1. The summed E-state index contributed by atoms with van der Waals surface area (Å²) in [6.45, 7) is 6.16. The Kier molecular flexibility index (Phi) is 4.53. The lowest BCUT2D eigenvalue weighted by atomic mass is 10.2. The molecule has 0 aromatic carbocycles. The molecular formula is C12H20BrN5. The fraction of sp³-hybridized carbons (Fsp3) is 0.667. The Morgan fingerprint density at radius 3 is 2.89 bits per heavy atom. The molecule has 0 radical (unpaired) electrons. The lowest BCUT2D eigenvalue weighted by Crippen LogP contribution is -2.52. The molecule has 1 unspecified atom stereocenters. The molecule has 6 heteroatoms. The summed E-state index contributed by atoms with van der Waals surface area (Å²) < 4.78 is 0.826. The summed E-state index contributed by atoms with van der Waals surface area (Å²) in [5.74, 6) is 1.66. The first-order valence-electron chi connectivity index (χ1n) is 6.18. The Morgan fingerprint density at radius 2 is 2.17 bits per heavy atom. The van der Waals surface area contributed by atoms with Crippen molar-refractivity contribution in [2.75, 3.05) is 45.6 Å². The predicted molar refractivity (Wildman–Crippen MR) is 76.9 cm³/mol. The van der Waals surface area contributed by atoms with E-state index in [1.54, 1.807) is 0 Å². The second-order valence-electron chi connectivity index (χ2n) is 4.90. The summed E-state index contributed by atoms with van der Waals surface area (Å²) in [6.07, 6.45) is 0. The third kappa shape index (κ3) is 3.63. The van der Waals surface area contributed by atoms with E-state index in [0.29, 0.717) is 6.04 Å². The molecule has 0 saturated carbocycles. The molecule has 5 nitrogen and oxygen atoms in total. The molecule has 1 aromatic heterocycles. The first-order valence-corrected chi connectivity index (χ1v) is 6.98. The Balaban J connectivity index is 1.94. The summed E-state index contributed by atoms with van der Waals surface area (Å²) >= 11 is 3.39. The number of hydrogen-bond donors (Lipinski definition) is 1. The van der Waals surface area contributed by atoms with E-state index < -0.39 is 0 Å². The molecule has 0 bridgehead atoms. The number of hydrogen-bond acceptors (Lipinski definition) is 5. The van der Waals surface area contributed by atoms with Crippen LogP contribution in [0.5, 0.6) is 0 Å². The van der Waals surface area contributed by atoms with E-state index in [1.807, 2.05) is 13.0 Å². The van der Waals surface area contributed by atoms with Crippen molar-refractivity contribution in [3.8, 4) is 0 Å². The first-order chi connectivity index (χ1) is 8.54. The maximum atomic E-state index is 4.38. The van der Waals surface area contributed by atoms with Crippen LogP contribution in [0.3, 0.4) is 0 Å². The molecule has 18 heavy (non-hydrogen) atoms. The average molecular weight is 314 g/mol. The number of anilines is 1. The first kappa shape index (κ1) is 13.7. The van der Waals surface area contributed by atoms with E-state index >= 15 is 0 Å². The average Bonchev–Trinajstić information content (AvgIpc) is 2.29. The Morgan fingerprint density at radius 1 is 1.39 bits per heavy atom. The molecule has 0 aliphatic carbocycles. The summed E-state index contributed by atoms with van der Waals surface area (Å²) in [5.41, 5.74) is 0. The van der Waals surface area contributed by atoms with Crippen LogP contribution in [-0.4, -0.2) is 66.1 Å². The molecule has 2 rings (SSSR count). The lowest BCUT2D eigenvalue weighted by Gasteiger charge is -2.37. The molecule has 1 N–H and O–H groups in total. The third-order valence-electron chi connectivity index (χ3n) is 3.31. The van der Waals surface area contributed by atoms with E-state index in [2.05, 4.69) is 55.1 Å². The number of piperazine rings is 1. The minimum absolute atomic E-state index is 0.526. The number of likely N-dealkylation sites (N-methyl/N-ethyl adjacent to an activating group) is 2. The van der Waals surface area contributed by atoms with Gasteiger partial charge < -0.3 is 10.2 Å². The maximum absolute atomic E-state index is 4.38. The van der Waals surface area contributed by atoms with Gasteiger partial charge in [0.2, 0.25) is 0 Å². The Hall–Kier alpha value is -0.720. The molecule has 0 amide bonds. The highest BCUT2D eigenvalue weighted by atomic mass is 79.9. The van der Waals surface area contributed by atoms with Crippen LogP contribution in [0.1, 0.15) is 5.82 Å². The van der Waals surface area contributed by atoms with E-state index in [0.717, 1.165) is 42.4 Å². The SMILES string of the molecule is Cc1nc(Br)cc(NCC2CN(C)CCN2C)n1. The van der Waals surface area contributed by atoms with E-state index in [1.165, 1.54) is 0 Å². The third-order valence-corrected chi connectivity index (χ3v) is 3.71. The minimum atomic E-state index is 0.526. The largest absolute Gasteiger partial charge is 0.368 e. The van der Waals surface area contributed by atoms with E-state index in [9.17, 15) is 0 Å². The highest BCUT2D eigenvalue weighted by Crippen LogP contribution is 2.13. The normalized spacial score (nSPS) is 22.1. The van der Waals surface area contributed by atoms with Crippen LogP contribution in [0, 0.1) is 6.92 Å². The van der Waals surface area contributed by atoms with Gasteiger partial charge in [-0.1, -0.05) is 0 Å².